The SMILES string of the molecule is CCOC(=O)CC1(CC)OCCc2c1[nH]c1ccc(OC)cc21. The Morgan fingerprint density at radius 2 is 2.22 bits per heavy atom. The van der Waals surface area contributed by atoms with E-state index in [9.17, 15) is 4.79 Å². The first-order valence-corrected chi connectivity index (χ1v) is 8.12. The molecule has 5 nitrogen and oxygen atoms in total. The number of hydrogen-bond acceptors (Lipinski definition) is 4. The molecule has 0 amide bonds. The van der Waals surface area contributed by atoms with Crippen LogP contribution >= 0.6 is 0 Å². The minimum Gasteiger partial charge on any atom is -0.497 e. The van der Waals surface area contributed by atoms with Gasteiger partial charge in [-0.25, -0.2) is 0 Å². The van der Waals surface area contributed by atoms with Crippen molar-refractivity contribution in [2.24, 2.45) is 0 Å². The fraction of sp³-hybridized carbons (Fsp3) is 0.500. The highest BCUT2D eigenvalue weighted by molar-refractivity contribution is 5.87. The molecule has 0 saturated heterocycles. The van der Waals surface area contributed by atoms with E-state index in [-0.39, 0.29) is 12.4 Å². The van der Waals surface area contributed by atoms with E-state index in [0.717, 1.165) is 28.8 Å². The quantitative estimate of drug-likeness (QED) is 0.860. The summed E-state index contributed by atoms with van der Waals surface area (Å²) in [6.45, 7) is 4.85. The van der Waals surface area contributed by atoms with Crippen LogP contribution in [0.4, 0.5) is 0 Å². The molecule has 1 aromatic carbocycles. The van der Waals surface area contributed by atoms with Crippen molar-refractivity contribution in [3.05, 3.63) is 29.5 Å². The van der Waals surface area contributed by atoms with E-state index in [1.54, 1.807) is 7.11 Å². The molecular formula is C18H23NO4. The predicted octanol–water partition coefficient (Wildman–Crippen LogP) is 3.31. The lowest BCUT2D eigenvalue weighted by Crippen LogP contribution is -2.37. The first-order chi connectivity index (χ1) is 11.1. The molecule has 5 heteroatoms. The summed E-state index contributed by atoms with van der Waals surface area (Å²) in [6.07, 6.45) is 1.77. The summed E-state index contributed by atoms with van der Waals surface area (Å²) in [7, 11) is 1.67. The number of carbonyl (C=O) groups is 1. The molecule has 2 aromatic rings. The highest BCUT2D eigenvalue weighted by atomic mass is 16.5. The van der Waals surface area contributed by atoms with Gasteiger partial charge in [-0.2, -0.15) is 0 Å². The van der Waals surface area contributed by atoms with Crippen molar-refractivity contribution in [3.8, 4) is 5.75 Å². The highest BCUT2D eigenvalue weighted by Gasteiger charge is 2.41. The van der Waals surface area contributed by atoms with Crippen LogP contribution in [0.2, 0.25) is 0 Å². The third-order valence-electron chi connectivity index (χ3n) is 4.61. The van der Waals surface area contributed by atoms with Gasteiger partial charge in [0.05, 0.1) is 32.4 Å². The number of esters is 1. The molecule has 3 rings (SSSR count). The summed E-state index contributed by atoms with van der Waals surface area (Å²) in [5, 5.41) is 1.14. The van der Waals surface area contributed by atoms with Gasteiger partial charge in [0.1, 0.15) is 11.4 Å². The number of benzene rings is 1. The number of carbonyl (C=O) groups excluding carboxylic acids is 1. The maximum Gasteiger partial charge on any atom is 0.309 e. The van der Waals surface area contributed by atoms with Crippen molar-refractivity contribution in [2.75, 3.05) is 20.3 Å². The second-order valence-corrected chi connectivity index (χ2v) is 5.82. The van der Waals surface area contributed by atoms with Crippen LogP contribution in [0, 0.1) is 0 Å². The zero-order valence-corrected chi connectivity index (χ0v) is 13.9. The van der Waals surface area contributed by atoms with Crippen LogP contribution in [0.1, 0.15) is 37.9 Å². The van der Waals surface area contributed by atoms with Gasteiger partial charge >= 0.3 is 5.97 Å². The van der Waals surface area contributed by atoms with Crippen LogP contribution < -0.4 is 4.74 Å². The number of aromatic amines is 1. The van der Waals surface area contributed by atoms with Crippen LogP contribution in [-0.2, 0) is 26.3 Å². The van der Waals surface area contributed by atoms with Crippen molar-refractivity contribution >= 4 is 16.9 Å². The summed E-state index contributed by atoms with van der Waals surface area (Å²) in [5.41, 5.74) is 2.63. The van der Waals surface area contributed by atoms with E-state index >= 15 is 0 Å². The average Bonchev–Trinajstić information content (AvgIpc) is 2.94. The molecule has 23 heavy (non-hydrogen) atoms. The lowest BCUT2D eigenvalue weighted by Gasteiger charge is -2.36. The minimum absolute atomic E-state index is 0.224. The largest absolute Gasteiger partial charge is 0.497 e. The summed E-state index contributed by atoms with van der Waals surface area (Å²) in [5.74, 6) is 0.608. The second kappa shape index (κ2) is 6.24. The van der Waals surface area contributed by atoms with Gasteiger partial charge in [-0.15, -0.1) is 0 Å². The molecule has 1 aliphatic heterocycles. The fourth-order valence-electron chi connectivity index (χ4n) is 3.41. The maximum atomic E-state index is 12.1. The first-order valence-electron chi connectivity index (χ1n) is 8.12. The number of ether oxygens (including phenoxy) is 3. The average molecular weight is 317 g/mol. The molecule has 0 aliphatic carbocycles. The molecule has 0 saturated carbocycles. The summed E-state index contributed by atoms with van der Waals surface area (Å²) >= 11 is 0. The van der Waals surface area contributed by atoms with Crippen LogP contribution in [0.3, 0.4) is 0 Å². The van der Waals surface area contributed by atoms with Gasteiger partial charge in [0, 0.05) is 10.9 Å². The van der Waals surface area contributed by atoms with Gasteiger partial charge in [0.15, 0.2) is 0 Å². The molecule has 0 radical (unpaired) electrons. The highest BCUT2D eigenvalue weighted by Crippen LogP contribution is 2.42. The zero-order valence-electron chi connectivity index (χ0n) is 13.9. The molecule has 2 heterocycles. The predicted molar refractivity (Wildman–Crippen MR) is 87.7 cm³/mol. The van der Waals surface area contributed by atoms with Gasteiger partial charge in [0.2, 0.25) is 0 Å². The first kappa shape index (κ1) is 15.9. The summed E-state index contributed by atoms with van der Waals surface area (Å²) in [4.78, 5) is 15.5. The Balaban J connectivity index is 2.08. The number of hydrogen-bond donors (Lipinski definition) is 1. The molecule has 0 bridgehead atoms. The van der Waals surface area contributed by atoms with E-state index in [1.807, 2.05) is 32.0 Å². The van der Waals surface area contributed by atoms with E-state index in [1.165, 1.54) is 5.56 Å². The summed E-state index contributed by atoms with van der Waals surface area (Å²) in [6, 6.07) is 5.99. The van der Waals surface area contributed by atoms with Crippen molar-refractivity contribution < 1.29 is 19.0 Å². The monoisotopic (exact) mass is 317 g/mol. The van der Waals surface area contributed by atoms with Crippen LogP contribution in [-0.4, -0.2) is 31.3 Å². The van der Waals surface area contributed by atoms with E-state index in [2.05, 4.69) is 4.98 Å². The van der Waals surface area contributed by atoms with E-state index in [0.29, 0.717) is 19.6 Å². The van der Waals surface area contributed by atoms with Gasteiger partial charge in [-0.05, 0) is 43.5 Å². The normalized spacial score (nSPS) is 20.3. The molecule has 0 fully saturated rings. The number of aromatic nitrogens is 1. The molecule has 124 valence electrons. The number of nitrogens with one attached hydrogen (secondary N) is 1. The lowest BCUT2D eigenvalue weighted by atomic mass is 9.86. The minimum atomic E-state index is -0.633. The van der Waals surface area contributed by atoms with Crippen molar-refractivity contribution in [1.29, 1.82) is 0 Å². The fourth-order valence-corrected chi connectivity index (χ4v) is 3.41. The zero-order chi connectivity index (χ0) is 16.4. The molecule has 1 aromatic heterocycles. The third kappa shape index (κ3) is 2.70. The number of fused-ring (bicyclic) bond motifs is 3. The Hall–Kier alpha value is -2.01. The molecular weight excluding hydrogens is 294 g/mol. The Morgan fingerprint density at radius 3 is 2.91 bits per heavy atom. The van der Waals surface area contributed by atoms with Crippen LogP contribution in [0.5, 0.6) is 5.75 Å². The molecule has 1 unspecified atom stereocenters. The van der Waals surface area contributed by atoms with Crippen LogP contribution in [0.15, 0.2) is 18.2 Å². The number of methoxy groups -OCH3 is 1. The smallest absolute Gasteiger partial charge is 0.309 e. The Labute approximate surface area is 135 Å². The molecule has 1 N–H and O–H groups in total. The van der Waals surface area contributed by atoms with E-state index in [4.69, 9.17) is 14.2 Å². The Bertz CT molecular complexity index is 721. The van der Waals surface area contributed by atoms with Gasteiger partial charge in [-0.3, -0.25) is 4.79 Å². The standard InChI is InChI=1S/C18H23NO4/c1-4-18(11-16(20)22-5-2)17-13(8-9-23-18)14-10-12(21-3)6-7-15(14)19-17/h6-7,10,19H,4-5,8-9,11H2,1-3H3. The van der Waals surface area contributed by atoms with Gasteiger partial charge in [0.25, 0.3) is 0 Å². The van der Waals surface area contributed by atoms with E-state index < -0.39 is 5.60 Å². The molecule has 1 atom stereocenters. The number of rotatable bonds is 5. The summed E-state index contributed by atoms with van der Waals surface area (Å²) < 4.78 is 16.6. The lowest BCUT2D eigenvalue weighted by molar-refractivity contribution is -0.154. The van der Waals surface area contributed by atoms with Gasteiger partial charge in [-0.1, -0.05) is 6.92 Å². The maximum absolute atomic E-state index is 12.1. The van der Waals surface area contributed by atoms with Gasteiger partial charge < -0.3 is 19.2 Å². The van der Waals surface area contributed by atoms with Crippen molar-refractivity contribution in [2.45, 2.75) is 38.7 Å². The van der Waals surface area contributed by atoms with Crippen molar-refractivity contribution in [1.82, 2.24) is 4.98 Å². The topological polar surface area (TPSA) is 60.5 Å². The third-order valence-corrected chi connectivity index (χ3v) is 4.61. The van der Waals surface area contributed by atoms with Crippen LogP contribution in [0.25, 0.3) is 10.9 Å². The molecule has 1 aliphatic rings. The Morgan fingerprint density at radius 1 is 1.39 bits per heavy atom. The molecule has 0 spiro atoms. The second-order valence-electron chi connectivity index (χ2n) is 5.82. The Kier molecular flexibility index (Phi) is 4.31. The van der Waals surface area contributed by atoms with Crippen molar-refractivity contribution in [3.63, 3.8) is 0 Å². The number of H-pyrrole nitrogens is 1.